The van der Waals surface area contributed by atoms with E-state index >= 15 is 0 Å². The number of benzene rings is 1. The minimum Gasteiger partial charge on any atom is -0.139 e. The predicted molar refractivity (Wildman–Crippen MR) is 125 cm³/mol. The molecule has 0 saturated heterocycles. The summed E-state index contributed by atoms with van der Waals surface area (Å²) in [5.41, 5.74) is 3.01. The van der Waals surface area contributed by atoms with Crippen molar-refractivity contribution in [2.24, 2.45) is 5.92 Å². The predicted octanol–water partition coefficient (Wildman–Crippen LogP) is 9.06. The first kappa shape index (κ1) is 17.2. The minimum absolute atomic E-state index is 0.773. The van der Waals surface area contributed by atoms with Crippen molar-refractivity contribution in [1.82, 2.24) is 0 Å². The molecule has 0 aliphatic heterocycles. The summed E-state index contributed by atoms with van der Waals surface area (Å²) in [4.78, 5) is 3.06. The highest BCUT2D eigenvalue weighted by Gasteiger charge is 2.18. The molecule has 0 saturated carbocycles. The van der Waals surface area contributed by atoms with Crippen LogP contribution in [0.15, 0.2) is 12.1 Å². The molecule has 0 bridgehead atoms. The fourth-order valence-corrected chi connectivity index (χ4v) is 9.20. The molecule has 0 unspecified atom stereocenters. The van der Waals surface area contributed by atoms with Gasteiger partial charge < -0.3 is 0 Å². The minimum atomic E-state index is 0.773. The second-order valence-electron chi connectivity index (χ2n) is 7.73. The summed E-state index contributed by atoms with van der Waals surface area (Å²) >= 11 is 7.99. The molecule has 5 aromatic rings. The summed E-state index contributed by atoms with van der Waals surface area (Å²) in [5.74, 6) is 0.773. The van der Waals surface area contributed by atoms with Crippen LogP contribution in [0.4, 0.5) is 0 Å². The maximum absolute atomic E-state index is 2.49. The van der Waals surface area contributed by atoms with Crippen LogP contribution < -0.4 is 0 Å². The van der Waals surface area contributed by atoms with Gasteiger partial charge in [-0.25, -0.2) is 0 Å². The average molecular weight is 415 g/mol. The van der Waals surface area contributed by atoms with Crippen LogP contribution in [0.2, 0.25) is 0 Å². The van der Waals surface area contributed by atoms with Crippen molar-refractivity contribution in [3.8, 4) is 0 Å². The van der Waals surface area contributed by atoms with Gasteiger partial charge in [0.2, 0.25) is 0 Å². The van der Waals surface area contributed by atoms with E-state index in [1.165, 1.54) is 67.8 Å². The Balaban J connectivity index is 1.76. The molecule has 0 N–H and O–H groups in total. The molecule has 4 heterocycles. The summed E-state index contributed by atoms with van der Waals surface area (Å²) in [7, 11) is 0. The smallest absolute Gasteiger partial charge is 0.0535 e. The molecule has 0 aliphatic carbocycles. The Morgan fingerprint density at radius 2 is 1.35 bits per heavy atom. The van der Waals surface area contributed by atoms with Gasteiger partial charge in [0, 0.05) is 39.3 Å². The summed E-state index contributed by atoms with van der Waals surface area (Å²) in [6, 6.07) is 4.93. The van der Waals surface area contributed by atoms with Crippen LogP contribution in [0.25, 0.3) is 39.0 Å². The number of hydrogen-bond acceptors (Lipinski definition) is 4. The maximum atomic E-state index is 2.49. The zero-order valence-electron chi connectivity index (χ0n) is 15.8. The highest BCUT2D eigenvalue weighted by molar-refractivity contribution is 7.35. The van der Waals surface area contributed by atoms with Gasteiger partial charge in [0.15, 0.2) is 0 Å². The van der Waals surface area contributed by atoms with Crippen LogP contribution in [0.1, 0.15) is 41.1 Å². The molecule has 4 heteroatoms. The molecule has 26 heavy (non-hydrogen) atoms. The molecule has 134 valence electrons. The van der Waals surface area contributed by atoms with Crippen molar-refractivity contribution in [2.45, 2.75) is 47.5 Å². The van der Waals surface area contributed by atoms with Gasteiger partial charge in [-0.15, -0.1) is 45.3 Å². The van der Waals surface area contributed by atoms with E-state index in [0.717, 1.165) is 5.92 Å². The third-order valence-corrected chi connectivity index (χ3v) is 10.9. The third kappa shape index (κ3) is 2.42. The van der Waals surface area contributed by atoms with Gasteiger partial charge in [0.1, 0.15) is 0 Å². The first-order valence-electron chi connectivity index (χ1n) is 9.20. The standard InChI is InChI=1S/C22H22S4/c1-10(2)6-7-16-12(4)20-22(24-16)15-8-14-17(9-18(15)26-20)25-19-11(3)13(5)23-21(14)19/h8-10H,6-7H2,1-5H3. The van der Waals surface area contributed by atoms with Crippen molar-refractivity contribution in [3.63, 3.8) is 0 Å². The first-order chi connectivity index (χ1) is 12.4. The Hall–Kier alpha value is -0.940. The molecular weight excluding hydrogens is 393 g/mol. The molecule has 0 amide bonds. The van der Waals surface area contributed by atoms with Gasteiger partial charge in [-0.05, 0) is 62.8 Å². The van der Waals surface area contributed by atoms with Crippen LogP contribution in [0.5, 0.6) is 0 Å². The van der Waals surface area contributed by atoms with Crippen LogP contribution in [-0.2, 0) is 6.42 Å². The molecule has 0 spiro atoms. The Labute approximate surface area is 170 Å². The highest BCUT2D eigenvalue weighted by atomic mass is 32.1. The zero-order valence-corrected chi connectivity index (χ0v) is 19.0. The Bertz CT molecular complexity index is 1290. The van der Waals surface area contributed by atoms with Crippen molar-refractivity contribution >= 4 is 84.3 Å². The molecule has 0 fully saturated rings. The number of hydrogen-bond donors (Lipinski definition) is 0. The average Bonchev–Trinajstić information content (AvgIpc) is 3.28. The fraction of sp³-hybridized carbons (Fsp3) is 0.364. The van der Waals surface area contributed by atoms with Gasteiger partial charge in [0.05, 0.1) is 9.40 Å². The quantitative estimate of drug-likeness (QED) is 0.276. The normalized spacial score (nSPS) is 12.7. The molecular formula is C22H22S4. The molecule has 0 nitrogen and oxygen atoms in total. The fourth-order valence-electron chi connectivity index (χ4n) is 3.71. The van der Waals surface area contributed by atoms with E-state index in [2.05, 4.69) is 46.8 Å². The number of fused-ring (bicyclic) bond motifs is 6. The number of aryl methyl sites for hydroxylation is 4. The van der Waals surface area contributed by atoms with E-state index in [4.69, 9.17) is 0 Å². The highest BCUT2D eigenvalue weighted by Crippen LogP contribution is 2.48. The lowest BCUT2D eigenvalue weighted by Gasteiger charge is -2.03. The van der Waals surface area contributed by atoms with E-state index in [0.29, 0.717) is 0 Å². The lowest BCUT2D eigenvalue weighted by atomic mass is 10.1. The van der Waals surface area contributed by atoms with E-state index in [1.807, 2.05) is 45.3 Å². The summed E-state index contributed by atoms with van der Waals surface area (Å²) in [6.07, 6.45) is 2.51. The monoisotopic (exact) mass is 414 g/mol. The second kappa shape index (κ2) is 6.03. The van der Waals surface area contributed by atoms with E-state index < -0.39 is 0 Å². The largest absolute Gasteiger partial charge is 0.139 e. The van der Waals surface area contributed by atoms with Gasteiger partial charge >= 0.3 is 0 Å². The third-order valence-electron chi connectivity index (χ3n) is 5.46. The van der Waals surface area contributed by atoms with Gasteiger partial charge in [-0.1, -0.05) is 13.8 Å². The molecule has 5 rings (SSSR count). The zero-order chi connectivity index (χ0) is 18.2. The first-order valence-corrected chi connectivity index (χ1v) is 12.5. The Morgan fingerprint density at radius 3 is 2.00 bits per heavy atom. The second-order valence-corrected chi connectivity index (χ2v) is 12.2. The van der Waals surface area contributed by atoms with Crippen molar-refractivity contribution in [2.75, 3.05) is 0 Å². The Kier molecular flexibility index (Phi) is 3.98. The molecule has 4 aromatic heterocycles. The molecule has 0 atom stereocenters. The SMILES string of the molecule is Cc1sc2c(sc3cc4sc5c(C)c(CCC(C)C)sc5c4cc32)c1C. The van der Waals surface area contributed by atoms with Crippen LogP contribution in [-0.4, -0.2) is 0 Å². The maximum Gasteiger partial charge on any atom is 0.0535 e. The van der Waals surface area contributed by atoms with Crippen LogP contribution in [0, 0.1) is 26.7 Å². The molecule has 0 radical (unpaired) electrons. The topological polar surface area (TPSA) is 0 Å². The summed E-state index contributed by atoms with van der Waals surface area (Å²) in [5, 5.41) is 2.94. The molecule has 0 aliphatic rings. The van der Waals surface area contributed by atoms with Crippen molar-refractivity contribution < 1.29 is 0 Å². The van der Waals surface area contributed by atoms with Crippen molar-refractivity contribution in [3.05, 3.63) is 33.0 Å². The summed E-state index contributed by atoms with van der Waals surface area (Å²) < 4.78 is 8.95. The molecule has 1 aromatic carbocycles. The van der Waals surface area contributed by atoms with Gasteiger partial charge in [0.25, 0.3) is 0 Å². The van der Waals surface area contributed by atoms with Gasteiger partial charge in [-0.2, -0.15) is 0 Å². The lowest BCUT2D eigenvalue weighted by molar-refractivity contribution is 0.589. The number of rotatable bonds is 3. The lowest BCUT2D eigenvalue weighted by Crippen LogP contribution is -1.90. The summed E-state index contributed by atoms with van der Waals surface area (Å²) in [6.45, 7) is 11.5. The van der Waals surface area contributed by atoms with Crippen molar-refractivity contribution in [1.29, 1.82) is 0 Å². The number of thiophene rings is 4. The van der Waals surface area contributed by atoms with E-state index in [-0.39, 0.29) is 0 Å². The van der Waals surface area contributed by atoms with Crippen LogP contribution in [0.3, 0.4) is 0 Å². The van der Waals surface area contributed by atoms with E-state index in [1.54, 1.807) is 4.88 Å². The van der Waals surface area contributed by atoms with Crippen LogP contribution >= 0.6 is 45.3 Å². The van der Waals surface area contributed by atoms with Gasteiger partial charge in [-0.3, -0.25) is 0 Å². The Morgan fingerprint density at radius 1 is 0.731 bits per heavy atom. The van der Waals surface area contributed by atoms with E-state index in [9.17, 15) is 0 Å².